The normalized spacial score (nSPS) is 11.0. The molecule has 0 aliphatic heterocycles. The third kappa shape index (κ3) is 6.33. The molecule has 8 nitrogen and oxygen atoms in total. The summed E-state index contributed by atoms with van der Waals surface area (Å²) in [5.74, 6) is 0.187. The Morgan fingerprint density at radius 2 is 1.90 bits per heavy atom. The third-order valence-electron chi connectivity index (χ3n) is 4.21. The summed E-state index contributed by atoms with van der Waals surface area (Å²) in [6.07, 6.45) is 4.69. The number of amides is 2. The predicted octanol–water partition coefficient (Wildman–Crippen LogP) is 4.54. The van der Waals surface area contributed by atoms with Crippen molar-refractivity contribution in [3.05, 3.63) is 72.3 Å². The molecule has 2 aromatic carbocycles. The van der Waals surface area contributed by atoms with Crippen LogP contribution in [0.5, 0.6) is 5.75 Å². The molecule has 0 saturated heterocycles. The van der Waals surface area contributed by atoms with Gasteiger partial charge in [0.15, 0.2) is 0 Å². The van der Waals surface area contributed by atoms with Crippen molar-refractivity contribution < 1.29 is 19.1 Å². The van der Waals surface area contributed by atoms with E-state index in [1.54, 1.807) is 57.6 Å². The Labute approximate surface area is 181 Å². The van der Waals surface area contributed by atoms with Crippen LogP contribution in [-0.2, 0) is 11.3 Å². The number of benzene rings is 2. The number of carbonyl (C=O) groups is 2. The number of aromatic nitrogens is 2. The number of anilines is 2. The van der Waals surface area contributed by atoms with Crippen LogP contribution in [0.1, 0.15) is 36.7 Å². The molecule has 0 aliphatic carbocycles. The number of methoxy groups -OCH3 is 1. The van der Waals surface area contributed by atoms with Crippen LogP contribution in [-0.4, -0.2) is 34.3 Å². The number of nitrogens with one attached hydrogen (secondary N) is 2. The monoisotopic (exact) mass is 422 g/mol. The average molecular weight is 422 g/mol. The SMILES string of the molecule is COc1ccc(NC(=O)c2cccc(Cn3ccnc3)c2)cc1NC(=O)OC(C)(C)C. The van der Waals surface area contributed by atoms with E-state index in [-0.39, 0.29) is 5.91 Å². The van der Waals surface area contributed by atoms with E-state index in [1.807, 2.05) is 29.0 Å². The predicted molar refractivity (Wildman–Crippen MR) is 119 cm³/mol. The number of hydrogen-bond donors (Lipinski definition) is 2. The van der Waals surface area contributed by atoms with E-state index in [9.17, 15) is 9.59 Å². The van der Waals surface area contributed by atoms with Crippen LogP contribution in [0.15, 0.2) is 61.2 Å². The average Bonchev–Trinajstić information content (AvgIpc) is 3.20. The quantitative estimate of drug-likeness (QED) is 0.608. The second kappa shape index (κ2) is 9.34. The Balaban J connectivity index is 1.73. The van der Waals surface area contributed by atoms with Gasteiger partial charge in [-0.1, -0.05) is 12.1 Å². The molecule has 3 aromatic rings. The van der Waals surface area contributed by atoms with Gasteiger partial charge >= 0.3 is 6.09 Å². The maximum absolute atomic E-state index is 12.8. The van der Waals surface area contributed by atoms with Crippen molar-refractivity contribution >= 4 is 23.4 Å². The molecule has 0 atom stereocenters. The number of imidazole rings is 1. The molecule has 162 valence electrons. The van der Waals surface area contributed by atoms with Gasteiger partial charge in [0.2, 0.25) is 0 Å². The lowest BCUT2D eigenvalue weighted by atomic mass is 10.1. The first kappa shape index (κ1) is 21.9. The molecule has 1 heterocycles. The minimum Gasteiger partial charge on any atom is -0.495 e. The van der Waals surface area contributed by atoms with Crippen molar-refractivity contribution in [3.63, 3.8) is 0 Å². The molecule has 0 unspecified atom stereocenters. The highest BCUT2D eigenvalue weighted by molar-refractivity contribution is 6.05. The first-order valence-corrected chi connectivity index (χ1v) is 9.77. The Bertz CT molecular complexity index is 1060. The fraction of sp³-hybridized carbons (Fsp3) is 0.261. The van der Waals surface area contributed by atoms with E-state index in [0.29, 0.717) is 29.2 Å². The maximum Gasteiger partial charge on any atom is 0.412 e. The van der Waals surface area contributed by atoms with Crippen LogP contribution >= 0.6 is 0 Å². The summed E-state index contributed by atoms with van der Waals surface area (Å²) in [4.78, 5) is 28.9. The highest BCUT2D eigenvalue weighted by Gasteiger charge is 2.18. The van der Waals surface area contributed by atoms with Gasteiger partial charge in [0.05, 0.1) is 19.1 Å². The zero-order chi connectivity index (χ0) is 22.4. The number of hydrogen-bond acceptors (Lipinski definition) is 5. The topological polar surface area (TPSA) is 94.5 Å². The Kier molecular flexibility index (Phi) is 6.59. The number of ether oxygens (including phenoxy) is 2. The molecule has 0 fully saturated rings. The van der Waals surface area contributed by atoms with E-state index < -0.39 is 11.7 Å². The fourth-order valence-electron chi connectivity index (χ4n) is 2.90. The van der Waals surface area contributed by atoms with E-state index in [4.69, 9.17) is 9.47 Å². The van der Waals surface area contributed by atoms with Crippen LogP contribution in [0.2, 0.25) is 0 Å². The lowest BCUT2D eigenvalue weighted by Gasteiger charge is -2.20. The molecule has 8 heteroatoms. The van der Waals surface area contributed by atoms with E-state index in [2.05, 4.69) is 15.6 Å². The van der Waals surface area contributed by atoms with Crippen molar-refractivity contribution in [2.45, 2.75) is 32.9 Å². The number of carbonyl (C=O) groups excluding carboxylic acids is 2. The minimum absolute atomic E-state index is 0.263. The van der Waals surface area contributed by atoms with Gasteiger partial charge < -0.3 is 19.4 Å². The van der Waals surface area contributed by atoms with Crippen molar-refractivity contribution in [1.82, 2.24) is 9.55 Å². The molecule has 0 spiro atoms. The van der Waals surface area contributed by atoms with Crippen molar-refractivity contribution in [2.24, 2.45) is 0 Å². The summed E-state index contributed by atoms with van der Waals surface area (Å²) in [5, 5.41) is 5.51. The number of rotatable bonds is 6. The zero-order valence-corrected chi connectivity index (χ0v) is 18.0. The number of nitrogens with zero attached hydrogens (tertiary/aromatic N) is 2. The summed E-state index contributed by atoms with van der Waals surface area (Å²) in [6.45, 7) is 5.96. The van der Waals surface area contributed by atoms with Crippen molar-refractivity contribution in [2.75, 3.05) is 17.7 Å². The summed E-state index contributed by atoms with van der Waals surface area (Å²) in [6, 6.07) is 12.4. The molecule has 0 saturated carbocycles. The van der Waals surface area contributed by atoms with E-state index in [0.717, 1.165) is 5.56 Å². The molecule has 2 N–H and O–H groups in total. The Morgan fingerprint density at radius 3 is 2.58 bits per heavy atom. The highest BCUT2D eigenvalue weighted by atomic mass is 16.6. The molecule has 31 heavy (non-hydrogen) atoms. The van der Waals surface area contributed by atoms with Crippen LogP contribution < -0.4 is 15.4 Å². The molecule has 0 bridgehead atoms. The molecular weight excluding hydrogens is 396 g/mol. The summed E-state index contributed by atoms with van der Waals surface area (Å²) in [7, 11) is 1.50. The van der Waals surface area contributed by atoms with Crippen LogP contribution in [0.4, 0.5) is 16.2 Å². The molecule has 2 amide bonds. The van der Waals surface area contributed by atoms with Gasteiger partial charge in [-0.3, -0.25) is 10.1 Å². The molecular formula is C23H26N4O4. The Hall–Kier alpha value is -3.81. The van der Waals surface area contributed by atoms with E-state index >= 15 is 0 Å². The van der Waals surface area contributed by atoms with Gasteiger partial charge in [-0.15, -0.1) is 0 Å². The fourth-order valence-corrected chi connectivity index (χ4v) is 2.90. The largest absolute Gasteiger partial charge is 0.495 e. The summed E-state index contributed by atoms with van der Waals surface area (Å²) in [5.41, 5.74) is 1.77. The summed E-state index contributed by atoms with van der Waals surface area (Å²) >= 11 is 0. The van der Waals surface area contributed by atoms with Gasteiger partial charge in [-0.25, -0.2) is 9.78 Å². The van der Waals surface area contributed by atoms with Gasteiger partial charge in [-0.2, -0.15) is 0 Å². The second-order valence-electron chi connectivity index (χ2n) is 7.93. The van der Waals surface area contributed by atoms with Crippen LogP contribution in [0, 0.1) is 0 Å². The van der Waals surface area contributed by atoms with Crippen molar-refractivity contribution in [3.8, 4) is 5.75 Å². The molecule has 1 aromatic heterocycles. The van der Waals surface area contributed by atoms with Gasteiger partial charge in [-0.05, 0) is 56.7 Å². The Morgan fingerprint density at radius 1 is 1.10 bits per heavy atom. The summed E-state index contributed by atoms with van der Waals surface area (Å²) < 4.78 is 12.5. The van der Waals surface area contributed by atoms with Gasteiger partial charge in [0.1, 0.15) is 11.4 Å². The van der Waals surface area contributed by atoms with Gasteiger partial charge in [0.25, 0.3) is 5.91 Å². The smallest absolute Gasteiger partial charge is 0.412 e. The highest BCUT2D eigenvalue weighted by Crippen LogP contribution is 2.28. The second-order valence-corrected chi connectivity index (χ2v) is 7.93. The zero-order valence-electron chi connectivity index (χ0n) is 18.0. The van der Waals surface area contributed by atoms with Crippen LogP contribution in [0.25, 0.3) is 0 Å². The standard InChI is InChI=1S/C23H26N4O4/c1-23(2,3)31-22(29)26-19-13-18(8-9-20(19)30-4)25-21(28)17-7-5-6-16(12-17)14-27-11-10-24-15-27/h5-13,15H,14H2,1-4H3,(H,25,28)(H,26,29). The maximum atomic E-state index is 12.8. The van der Waals surface area contributed by atoms with Gasteiger partial charge in [0, 0.05) is 30.2 Å². The van der Waals surface area contributed by atoms with Crippen LogP contribution in [0.3, 0.4) is 0 Å². The van der Waals surface area contributed by atoms with Crippen molar-refractivity contribution in [1.29, 1.82) is 0 Å². The molecule has 3 rings (SSSR count). The minimum atomic E-state index is -0.634. The molecule has 0 aliphatic rings. The third-order valence-corrected chi connectivity index (χ3v) is 4.21. The molecule has 0 radical (unpaired) electrons. The lowest BCUT2D eigenvalue weighted by molar-refractivity contribution is 0.0635. The first-order valence-electron chi connectivity index (χ1n) is 9.77. The lowest BCUT2D eigenvalue weighted by Crippen LogP contribution is -2.27. The van der Waals surface area contributed by atoms with E-state index in [1.165, 1.54) is 7.11 Å². The first-order chi connectivity index (χ1) is 14.7.